The van der Waals surface area contributed by atoms with Gasteiger partial charge in [-0.1, -0.05) is 27.7 Å². The Kier molecular flexibility index (Phi) is 8.24. The summed E-state index contributed by atoms with van der Waals surface area (Å²) in [4.78, 5) is 0. The summed E-state index contributed by atoms with van der Waals surface area (Å²) in [6.45, 7) is 9.25. The number of nitrogens with zero attached hydrogens (tertiary/aromatic N) is 2. The van der Waals surface area contributed by atoms with E-state index in [4.69, 9.17) is 18.8 Å². The van der Waals surface area contributed by atoms with E-state index in [1.165, 1.54) is 0 Å². The van der Waals surface area contributed by atoms with E-state index >= 15 is 0 Å². The lowest BCUT2D eigenvalue weighted by molar-refractivity contribution is 0.270. The first-order chi connectivity index (χ1) is 13.9. The Hall–Kier alpha value is -3.32. The summed E-state index contributed by atoms with van der Waals surface area (Å²) in [5, 5.41) is 18.6. The first-order valence-electron chi connectivity index (χ1n) is 9.52. The second kappa shape index (κ2) is 10.9. The highest BCUT2D eigenvalue weighted by molar-refractivity contribution is 6.20. The molecule has 29 heavy (non-hydrogen) atoms. The molecule has 0 N–H and O–H groups in total. The van der Waals surface area contributed by atoms with E-state index in [0.717, 1.165) is 0 Å². The van der Waals surface area contributed by atoms with Gasteiger partial charge in [-0.15, -0.1) is 0 Å². The highest BCUT2D eigenvalue weighted by Gasteiger charge is 2.10. The molecule has 0 saturated carbocycles. The predicted molar refractivity (Wildman–Crippen MR) is 111 cm³/mol. The standard InChI is InChI=1S/C22H25BN2O4/c1-15(2)13-26-21-7-5-19(9-17(21)11-24)28-23-29-20-6-8-22(18(10-20)12-25)27-14-16(3)4/h5-10,15-16,23H,13-14H2,1-4H3. The average Bonchev–Trinajstić information content (AvgIpc) is 2.71. The van der Waals surface area contributed by atoms with Gasteiger partial charge >= 0.3 is 7.69 Å². The molecule has 0 aromatic heterocycles. The van der Waals surface area contributed by atoms with Crippen molar-refractivity contribution >= 4 is 7.69 Å². The number of ether oxygens (including phenoxy) is 2. The Morgan fingerprint density at radius 3 is 1.52 bits per heavy atom. The van der Waals surface area contributed by atoms with Gasteiger partial charge in [0.1, 0.15) is 35.1 Å². The second-order valence-corrected chi connectivity index (χ2v) is 7.36. The van der Waals surface area contributed by atoms with Crippen molar-refractivity contribution in [2.24, 2.45) is 11.8 Å². The Balaban J connectivity index is 1.95. The van der Waals surface area contributed by atoms with Crippen LogP contribution in [0.2, 0.25) is 0 Å². The van der Waals surface area contributed by atoms with Gasteiger partial charge in [-0.05, 0) is 48.2 Å². The Morgan fingerprint density at radius 1 is 0.759 bits per heavy atom. The van der Waals surface area contributed by atoms with Gasteiger partial charge in [-0.25, -0.2) is 0 Å². The molecule has 0 atom stereocenters. The molecule has 0 fully saturated rings. The quantitative estimate of drug-likeness (QED) is 0.563. The van der Waals surface area contributed by atoms with Crippen LogP contribution in [-0.2, 0) is 0 Å². The van der Waals surface area contributed by atoms with Crippen LogP contribution in [0.1, 0.15) is 38.8 Å². The van der Waals surface area contributed by atoms with Crippen molar-refractivity contribution < 1.29 is 18.8 Å². The van der Waals surface area contributed by atoms with Crippen molar-refractivity contribution in [2.45, 2.75) is 27.7 Å². The molecule has 2 rings (SSSR count). The summed E-state index contributed by atoms with van der Waals surface area (Å²) in [7, 11) is -0.0614. The van der Waals surface area contributed by atoms with Gasteiger partial charge in [0, 0.05) is 0 Å². The van der Waals surface area contributed by atoms with E-state index < -0.39 is 0 Å². The molecule has 0 heterocycles. The molecule has 0 aliphatic carbocycles. The van der Waals surface area contributed by atoms with E-state index in [1.807, 2.05) is 27.7 Å². The van der Waals surface area contributed by atoms with Crippen molar-refractivity contribution in [2.75, 3.05) is 13.2 Å². The number of nitriles is 2. The Labute approximate surface area is 172 Å². The molecule has 0 spiro atoms. The highest BCUT2D eigenvalue weighted by atomic mass is 16.6. The van der Waals surface area contributed by atoms with Gasteiger partial charge in [0.05, 0.1) is 24.3 Å². The van der Waals surface area contributed by atoms with Crippen molar-refractivity contribution in [3.8, 4) is 35.1 Å². The van der Waals surface area contributed by atoms with Gasteiger partial charge in [0.2, 0.25) is 0 Å². The van der Waals surface area contributed by atoms with Crippen LogP contribution in [0.4, 0.5) is 0 Å². The Morgan fingerprint density at radius 2 is 1.17 bits per heavy atom. The first kappa shape index (κ1) is 22.0. The summed E-state index contributed by atoms with van der Waals surface area (Å²) < 4.78 is 22.4. The zero-order valence-electron chi connectivity index (χ0n) is 17.3. The Bertz CT molecular complexity index is 827. The van der Waals surface area contributed by atoms with Crippen LogP contribution in [0.15, 0.2) is 36.4 Å². The van der Waals surface area contributed by atoms with E-state index in [0.29, 0.717) is 59.2 Å². The summed E-state index contributed by atoms with van der Waals surface area (Å²) in [6, 6.07) is 14.3. The molecule has 0 saturated heterocycles. The van der Waals surface area contributed by atoms with Gasteiger partial charge in [0.25, 0.3) is 0 Å². The van der Waals surface area contributed by atoms with Crippen LogP contribution in [0.3, 0.4) is 0 Å². The molecular weight excluding hydrogens is 367 g/mol. The molecule has 2 aromatic rings. The molecule has 6 nitrogen and oxygen atoms in total. The molecular formula is C22H25BN2O4. The van der Waals surface area contributed by atoms with Crippen molar-refractivity contribution in [3.63, 3.8) is 0 Å². The zero-order valence-corrected chi connectivity index (χ0v) is 17.3. The van der Waals surface area contributed by atoms with Crippen LogP contribution < -0.4 is 18.8 Å². The minimum absolute atomic E-state index is 0.0614. The van der Waals surface area contributed by atoms with Gasteiger partial charge < -0.3 is 18.8 Å². The van der Waals surface area contributed by atoms with Crippen molar-refractivity contribution in [3.05, 3.63) is 47.5 Å². The minimum atomic E-state index is -0.0614. The maximum absolute atomic E-state index is 9.31. The monoisotopic (exact) mass is 392 g/mol. The summed E-state index contributed by atoms with van der Waals surface area (Å²) in [5.74, 6) is 2.79. The van der Waals surface area contributed by atoms with Crippen LogP contribution in [0.25, 0.3) is 0 Å². The number of hydrogen-bond donors (Lipinski definition) is 0. The van der Waals surface area contributed by atoms with E-state index in [-0.39, 0.29) is 7.69 Å². The third-order valence-corrected chi connectivity index (χ3v) is 3.74. The number of benzene rings is 2. The average molecular weight is 392 g/mol. The zero-order chi connectivity index (χ0) is 21.2. The molecule has 2 aromatic carbocycles. The van der Waals surface area contributed by atoms with Crippen LogP contribution >= 0.6 is 0 Å². The maximum Gasteiger partial charge on any atom is 0.576 e. The van der Waals surface area contributed by atoms with Gasteiger partial charge in [-0.2, -0.15) is 10.5 Å². The molecule has 0 bridgehead atoms. The normalized spacial score (nSPS) is 10.2. The molecule has 7 heteroatoms. The fourth-order valence-electron chi connectivity index (χ4n) is 2.30. The summed E-state index contributed by atoms with van der Waals surface area (Å²) in [5.41, 5.74) is 0.808. The maximum atomic E-state index is 9.31. The van der Waals surface area contributed by atoms with E-state index in [1.54, 1.807) is 36.4 Å². The fourth-order valence-corrected chi connectivity index (χ4v) is 2.30. The second-order valence-electron chi connectivity index (χ2n) is 7.36. The number of hydrogen-bond acceptors (Lipinski definition) is 6. The topological polar surface area (TPSA) is 84.5 Å². The van der Waals surface area contributed by atoms with Gasteiger partial charge in [-0.3, -0.25) is 0 Å². The largest absolute Gasteiger partial charge is 0.576 e. The van der Waals surface area contributed by atoms with Crippen molar-refractivity contribution in [1.82, 2.24) is 0 Å². The highest BCUT2D eigenvalue weighted by Crippen LogP contribution is 2.26. The smallest absolute Gasteiger partial charge is 0.528 e. The third-order valence-electron chi connectivity index (χ3n) is 3.74. The summed E-state index contributed by atoms with van der Waals surface area (Å²) >= 11 is 0. The van der Waals surface area contributed by atoms with Crippen molar-refractivity contribution in [1.29, 1.82) is 10.5 Å². The SMILES string of the molecule is CC(C)COc1ccc(OBOc2ccc(OCC(C)C)c(C#N)c2)cc1C#N. The van der Waals surface area contributed by atoms with E-state index in [9.17, 15) is 10.5 Å². The predicted octanol–water partition coefficient (Wildman–Crippen LogP) is 4.22. The minimum Gasteiger partial charge on any atom is -0.528 e. The molecule has 150 valence electrons. The van der Waals surface area contributed by atoms with Gasteiger partial charge in [0.15, 0.2) is 0 Å². The van der Waals surface area contributed by atoms with Crippen LogP contribution in [0.5, 0.6) is 23.0 Å². The lowest BCUT2D eigenvalue weighted by atomic mass is 10.2. The summed E-state index contributed by atoms with van der Waals surface area (Å²) in [6.07, 6.45) is 0. The molecule has 0 unspecified atom stereocenters. The fraction of sp³-hybridized carbons (Fsp3) is 0.364. The molecule has 0 radical (unpaired) electrons. The molecule has 0 aliphatic rings. The third kappa shape index (κ3) is 6.97. The molecule has 0 aliphatic heterocycles. The van der Waals surface area contributed by atoms with Crippen LogP contribution in [-0.4, -0.2) is 20.9 Å². The number of rotatable bonds is 10. The first-order valence-corrected chi connectivity index (χ1v) is 9.52. The lowest BCUT2D eigenvalue weighted by Gasteiger charge is -2.13. The van der Waals surface area contributed by atoms with E-state index in [2.05, 4.69) is 12.1 Å². The lowest BCUT2D eigenvalue weighted by Crippen LogP contribution is -2.12. The molecule has 0 amide bonds. The van der Waals surface area contributed by atoms with Crippen LogP contribution in [0, 0.1) is 34.5 Å².